The van der Waals surface area contributed by atoms with Crippen molar-refractivity contribution in [3.05, 3.63) is 58.3 Å². The third-order valence-electron chi connectivity index (χ3n) is 7.19. The van der Waals surface area contributed by atoms with Crippen molar-refractivity contribution in [3.63, 3.8) is 0 Å². The van der Waals surface area contributed by atoms with E-state index in [1.165, 1.54) is 6.92 Å². The second-order valence-electron chi connectivity index (χ2n) is 9.85. The van der Waals surface area contributed by atoms with Gasteiger partial charge in [-0.25, -0.2) is 9.78 Å². The molecule has 1 aromatic carbocycles. The summed E-state index contributed by atoms with van der Waals surface area (Å²) in [6.07, 6.45) is -15.4. The Morgan fingerprint density at radius 3 is 2.00 bits per heavy atom. The van der Waals surface area contributed by atoms with E-state index in [2.05, 4.69) is 4.98 Å². The van der Waals surface area contributed by atoms with E-state index in [0.29, 0.717) is 24.9 Å². The first-order valence-corrected chi connectivity index (χ1v) is 13.8. The number of hydrogen-bond acceptors (Lipinski definition) is 5. The molecule has 0 spiro atoms. The average molecular weight is 616 g/mol. The number of anilines is 1. The van der Waals surface area contributed by atoms with E-state index in [4.69, 9.17) is 4.74 Å². The number of carbonyl (C=O) groups is 1. The topological polar surface area (TPSA) is 45.7 Å². The Kier molecular flexibility index (Phi) is 8.68. The summed E-state index contributed by atoms with van der Waals surface area (Å²) in [5, 5.41) is 0. The summed E-state index contributed by atoms with van der Waals surface area (Å²) < 4.78 is 127. The molecule has 4 rings (SSSR count). The molecule has 1 aromatic heterocycles. The molecule has 3 heterocycles. The minimum atomic E-state index is -5.11. The van der Waals surface area contributed by atoms with E-state index in [1.807, 2.05) is 11.8 Å². The first-order chi connectivity index (χ1) is 19.0. The predicted octanol–water partition coefficient (Wildman–Crippen LogP) is 7.94. The monoisotopic (exact) mass is 615 g/mol. The highest BCUT2D eigenvalue weighted by molar-refractivity contribution is 7.99. The molecule has 0 radical (unpaired) electrons. The second-order valence-corrected chi connectivity index (χ2v) is 11.1. The van der Waals surface area contributed by atoms with Gasteiger partial charge in [-0.2, -0.15) is 51.3 Å². The van der Waals surface area contributed by atoms with Crippen molar-refractivity contribution in [2.24, 2.45) is 0 Å². The van der Waals surface area contributed by atoms with Crippen LogP contribution in [0.1, 0.15) is 60.6 Å². The summed E-state index contributed by atoms with van der Waals surface area (Å²) in [5.74, 6) is 1.93. The number of cyclic esters (lactones) is 1. The van der Waals surface area contributed by atoms with Crippen LogP contribution in [-0.2, 0) is 29.8 Å². The van der Waals surface area contributed by atoms with Gasteiger partial charge in [-0.1, -0.05) is 0 Å². The average Bonchev–Trinajstić information content (AvgIpc) is 3.17. The lowest BCUT2D eigenvalue weighted by molar-refractivity contribution is -0.143. The number of nitrogens with zero attached hydrogens (tertiary/aromatic N) is 3. The zero-order chi connectivity index (χ0) is 30.3. The Hall–Kier alpha value is -2.84. The van der Waals surface area contributed by atoms with Gasteiger partial charge in [0.25, 0.3) is 0 Å². The van der Waals surface area contributed by atoms with Crippen LogP contribution in [0.5, 0.6) is 0 Å². The van der Waals surface area contributed by atoms with Crippen LogP contribution >= 0.6 is 11.8 Å². The summed E-state index contributed by atoms with van der Waals surface area (Å²) in [6.45, 7) is 3.12. The molecule has 41 heavy (non-hydrogen) atoms. The minimum absolute atomic E-state index is 0.00849. The molecule has 15 heteroatoms. The van der Waals surface area contributed by atoms with Gasteiger partial charge >= 0.3 is 24.6 Å². The molecule has 2 aliphatic heterocycles. The molecule has 2 fully saturated rings. The fourth-order valence-corrected chi connectivity index (χ4v) is 6.18. The molecule has 2 saturated heterocycles. The van der Waals surface area contributed by atoms with Gasteiger partial charge in [0.1, 0.15) is 11.9 Å². The number of thioether (sulfide) groups is 1. The number of benzene rings is 1. The zero-order valence-corrected chi connectivity index (χ0v) is 22.6. The van der Waals surface area contributed by atoms with Crippen molar-refractivity contribution < 1.29 is 49.0 Å². The fraction of sp³-hybridized carbons (Fsp3) is 0.538. The molecular weight excluding hydrogens is 589 g/mol. The van der Waals surface area contributed by atoms with Crippen LogP contribution in [0.25, 0.3) is 0 Å². The molecule has 1 amide bonds. The van der Waals surface area contributed by atoms with E-state index in [1.54, 1.807) is 11.8 Å². The molecule has 5 nitrogen and oxygen atoms in total. The third kappa shape index (κ3) is 6.81. The predicted molar refractivity (Wildman–Crippen MR) is 133 cm³/mol. The van der Waals surface area contributed by atoms with Crippen molar-refractivity contribution in [3.8, 4) is 0 Å². The number of hydrogen-bond donors (Lipinski definition) is 0. The second kappa shape index (κ2) is 11.4. The van der Waals surface area contributed by atoms with Gasteiger partial charge < -0.3 is 9.64 Å². The third-order valence-corrected chi connectivity index (χ3v) is 8.23. The van der Waals surface area contributed by atoms with E-state index >= 15 is 0 Å². The number of pyridine rings is 1. The first-order valence-electron chi connectivity index (χ1n) is 12.7. The molecule has 2 aromatic rings. The summed E-state index contributed by atoms with van der Waals surface area (Å²) in [6, 6.07) is 0.657. The molecular formula is C26H26F9N3O2S. The minimum Gasteiger partial charge on any atom is -0.439 e. The number of halogens is 9. The first kappa shape index (κ1) is 31.1. The SMILES string of the molecule is CCN(c1ncc(C(F)(F)F)cc1CN1C(=O)OC(c2cc(C(F)(F)F)cc(C(F)(F)F)c2)C1C)C1CCSCC1. The lowest BCUT2D eigenvalue weighted by Gasteiger charge is -2.36. The van der Waals surface area contributed by atoms with Gasteiger partial charge in [-0.05, 0) is 68.0 Å². The molecule has 0 aliphatic carbocycles. The summed E-state index contributed by atoms with van der Waals surface area (Å²) >= 11 is 1.76. The van der Waals surface area contributed by atoms with Crippen LogP contribution in [0.4, 0.5) is 50.1 Å². The van der Waals surface area contributed by atoms with Crippen molar-refractivity contribution in [1.82, 2.24) is 9.88 Å². The Morgan fingerprint density at radius 2 is 1.49 bits per heavy atom. The number of amides is 1. The number of rotatable bonds is 6. The van der Waals surface area contributed by atoms with Gasteiger partial charge in [0, 0.05) is 24.3 Å². The van der Waals surface area contributed by atoms with Crippen molar-refractivity contribution >= 4 is 23.7 Å². The highest BCUT2D eigenvalue weighted by atomic mass is 32.2. The quantitative estimate of drug-likeness (QED) is 0.309. The molecule has 0 N–H and O–H groups in total. The maximum Gasteiger partial charge on any atom is 0.417 e. The maximum atomic E-state index is 13.6. The fourth-order valence-electron chi connectivity index (χ4n) is 5.10. The maximum absolute atomic E-state index is 13.6. The van der Waals surface area contributed by atoms with E-state index in [9.17, 15) is 44.3 Å². The zero-order valence-electron chi connectivity index (χ0n) is 21.8. The van der Waals surface area contributed by atoms with E-state index < -0.39 is 65.6 Å². The highest BCUT2D eigenvalue weighted by Gasteiger charge is 2.44. The molecule has 0 saturated carbocycles. The standard InChI is InChI=1S/C26H26F9N3O2S/c1-3-37(20-4-6-41-7-5-20)22-16(10-19(12-36-22)26(33,34)35)13-38-14(2)21(40-23(38)39)15-8-17(24(27,28)29)11-18(9-15)25(30,31)32/h8-12,14,20-21H,3-7,13H2,1-2H3. The van der Waals surface area contributed by atoms with Crippen LogP contribution in [0, 0.1) is 0 Å². The molecule has 2 atom stereocenters. The number of alkyl halides is 9. The van der Waals surface area contributed by atoms with Crippen LogP contribution < -0.4 is 4.90 Å². The van der Waals surface area contributed by atoms with Gasteiger partial charge in [0.05, 0.1) is 29.3 Å². The van der Waals surface area contributed by atoms with Crippen LogP contribution in [0.2, 0.25) is 0 Å². The number of aromatic nitrogens is 1. The van der Waals surface area contributed by atoms with Gasteiger partial charge in [-0.3, -0.25) is 4.90 Å². The van der Waals surface area contributed by atoms with E-state index in [0.717, 1.165) is 35.3 Å². The molecule has 226 valence electrons. The Balaban J connectivity index is 1.71. The lowest BCUT2D eigenvalue weighted by atomic mass is 9.97. The summed E-state index contributed by atoms with van der Waals surface area (Å²) in [5.41, 5.74) is -4.71. The molecule has 2 unspecified atom stereocenters. The van der Waals surface area contributed by atoms with Gasteiger partial charge in [-0.15, -0.1) is 0 Å². The summed E-state index contributed by atoms with van der Waals surface area (Å²) in [4.78, 5) is 19.8. The van der Waals surface area contributed by atoms with Crippen molar-refractivity contribution in [1.29, 1.82) is 0 Å². The van der Waals surface area contributed by atoms with Crippen molar-refractivity contribution in [2.45, 2.75) is 70.0 Å². The van der Waals surface area contributed by atoms with Gasteiger partial charge in [0.2, 0.25) is 0 Å². The van der Waals surface area contributed by atoms with Crippen molar-refractivity contribution in [2.75, 3.05) is 23.0 Å². The number of carbonyl (C=O) groups excluding carboxylic acids is 1. The highest BCUT2D eigenvalue weighted by Crippen LogP contribution is 2.42. The summed E-state index contributed by atoms with van der Waals surface area (Å²) in [7, 11) is 0. The Bertz CT molecular complexity index is 1230. The van der Waals surface area contributed by atoms with Crippen LogP contribution in [-0.4, -0.2) is 46.1 Å². The smallest absolute Gasteiger partial charge is 0.417 e. The normalized spacial score (nSPS) is 20.9. The largest absolute Gasteiger partial charge is 0.439 e. The van der Waals surface area contributed by atoms with Gasteiger partial charge in [0.15, 0.2) is 0 Å². The Morgan fingerprint density at radius 1 is 0.927 bits per heavy atom. The van der Waals surface area contributed by atoms with Crippen LogP contribution in [0.15, 0.2) is 30.5 Å². The lowest BCUT2D eigenvalue weighted by Crippen LogP contribution is -2.40. The molecule has 2 aliphatic rings. The number of ether oxygens (including phenoxy) is 1. The van der Waals surface area contributed by atoms with Crippen LogP contribution in [0.3, 0.4) is 0 Å². The Labute approximate surface area is 234 Å². The van der Waals surface area contributed by atoms with E-state index in [-0.39, 0.29) is 23.5 Å². The molecule has 0 bridgehead atoms.